The minimum absolute atomic E-state index is 0.00679. The average Bonchev–Trinajstić information content (AvgIpc) is 2.73. The first-order chi connectivity index (χ1) is 7.65. The predicted octanol–water partition coefficient (Wildman–Crippen LogP) is 0.0815. The Labute approximate surface area is 102 Å². The van der Waals surface area contributed by atoms with Crippen LogP contribution in [0.15, 0.2) is 0 Å². The smallest absolute Gasteiger partial charge is 0.224 e. The number of hydrogen-bond acceptors (Lipinski definition) is 2. The van der Waals surface area contributed by atoms with Crippen LogP contribution >= 0.6 is 12.2 Å². The zero-order valence-electron chi connectivity index (χ0n) is 9.24. The molecule has 0 aromatic rings. The lowest BCUT2D eigenvalue weighted by Crippen LogP contribution is -2.37. The van der Waals surface area contributed by atoms with Crippen LogP contribution in [0.5, 0.6) is 0 Å². The van der Waals surface area contributed by atoms with Crippen LogP contribution in [0.4, 0.5) is 0 Å². The van der Waals surface area contributed by atoms with Crippen molar-refractivity contribution in [3.8, 4) is 12.3 Å². The lowest BCUT2D eigenvalue weighted by atomic mass is 10.1. The fourth-order valence-corrected chi connectivity index (χ4v) is 1.89. The largest absolute Gasteiger partial charge is 0.376 e. The summed E-state index contributed by atoms with van der Waals surface area (Å²) in [6.07, 6.45) is 7.46. The van der Waals surface area contributed by atoms with Gasteiger partial charge in [-0.25, -0.2) is 0 Å². The van der Waals surface area contributed by atoms with Crippen LogP contribution in [0.1, 0.15) is 19.3 Å². The Hall–Kier alpha value is -1.28. The third-order valence-electron chi connectivity index (χ3n) is 2.67. The minimum Gasteiger partial charge on any atom is -0.376 e. The number of carbonyl (C=O) groups excluding carboxylic acids is 1. The standard InChI is InChI=1S/C11H17N3OS/c1-2-3-4-6-13-10(15)9-5-7-14(8-9)11(12)16/h1,9H,3-8H2,(H2,12,16)(H,13,15)/t9-/m0/s1. The molecule has 0 unspecified atom stereocenters. The summed E-state index contributed by atoms with van der Waals surface area (Å²) in [6, 6.07) is 0. The number of likely N-dealkylation sites (tertiary alicyclic amines) is 1. The summed E-state index contributed by atoms with van der Waals surface area (Å²) in [5.41, 5.74) is 5.50. The van der Waals surface area contributed by atoms with Crippen LogP contribution in [0.3, 0.4) is 0 Å². The van der Waals surface area contributed by atoms with Gasteiger partial charge in [0.05, 0.1) is 5.92 Å². The van der Waals surface area contributed by atoms with Gasteiger partial charge >= 0.3 is 0 Å². The molecule has 0 saturated carbocycles. The Balaban J connectivity index is 2.23. The molecule has 0 bridgehead atoms. The highest BCUT2D eigenvalue weighted by Crippen LogP contribution is 2.15. The Kier molecular flexibility index (Phi) is 5.06. The van der Waals surface area contributed by atoms with Crippen LogP contribution in [0, 0.1) is 18.3 Å². The molecule has 4 nitrogen and oxygen atoms in total. The van der Waals surface area contributed by atoms with Gasteiger partial charge in [0.15, 0.2) is 5.11 Å². The molecule has 1 heterocycles. The average molecular weight is 239 g/mol. The van der Waals surface area contributed by atoms with Crippen molar-refractivity contribution in [1.82, 2.24) is 10.2 Å². The molecule has 3 N–H and O–H groups in total. The van der Waals surface area contributed by atoms with Gasteiger partial charge in [-0.05, 0) is 25.1 Å². The Morgan fingerprint density at radius 1 is 1.69 bits per heavy atom. The molecule has 0 aromatic heterocycles. The van der Waals surface area contributed by atoms with Gasteiger partial charge in [-0.2, -0.15) is 0 Å². The van der Waals surface area contributed by atoms with Gasteiger partial charge in [0.2, 0.25) is 5.91 Å². The number of unbranched alkanes of at least 4 members (excludes halogenated alkanes) is 1. The summed E-state index contributed by atoms with van der Waals surface area (Å²) < 4.78 is 0. The second kappa shape index (κ2) is 6.33. The molecule has 1 rings (SSSR count). The van der Waals surface area contributed by atoms with E-state index >= 15 is 0 Å². The number of rotatable bonds is 4. The molecule has 1 amide bonds. The predicted molar refractivity (Wildman–Crippen MR) is 67.5 cm³/mol. The van der Waals surface area contributed by atoms with E-state index in [1.807, 2.05) is 4.90 Å². The van der Waals surface area contributed by atoms with E-state index in [1.54, 1.807) is 0 Å². The van der Waals surface area contributed by atoms with Crippen molar-refractivity contribution in [3.63, 3.8) is 0 Å². The third-order valence-corrected chi connectivity index (χ3v) is 2.93. The maximum absolute atomic E-state index is 11.7. The molecule has 1 aliphatic heterocycles. The maximum Gasteiger partial charge on any atom is 0.224 e. The van der Waals surface area contributed by atoms with E-state index in [0.29, 0.717) is 24.6 Å². The highest BCUT2D eigenvalue weighted by atomic mass is 32.1. The van der Waals surface area contributed by atoms with E-state index in [4.69, 9.17) is 24.4 Å². The Morgan fingerprint density at radius 3 is 3.00 bits per heavy atom. The summed E-state index contributed by atoms with van der Waals surface area (Å²) in [4.78, 5) is 13.6. The van der Waals surface area contributed by atoms with Crippen LogP contribution < -0.4 is 11.1 Å². The number of amides is 1. The van der Waals surface area contributed by atoms with Crippen LogP contribution in [-0.4, -0.2) is 35.6 Å². The Morgan fingerprint density at radius 2 is 2.44 bits per heavy atom. The molecule has 1 fully saturated rings. The van der Waals surface area contributed by atoms with E-state index < -0.39 is 0 Å². The lowest BCUT2D eigenvalue weighted by molar-refractivity contribution is -0.124. The first kappa shape index (κ1) is 12.8. The summed E-state index contributed by atoms with van der Waals surface area (Å²) in [6.45, 7) is 2.06. The molecular weight excluding hydrogens is 222 g/mol. The summed E-state index contributed by atoms with van der Waals surface area (Å²) >= 11 is 4.87. The molecule has 1 atom stereocenters. The number of thiocarbonyl (C=S) groups is 1. The molecule has 1 saturated heterocycles. The second-order valence-electron chi connectivity index (χ2n) is 3.87. The molecule has 16 heavy (non-hydrogen) atoms. The molecule has 1 aliphatic rings. The van der Waals surface area contributed by atoms with Crippen LogP contribution in [0.25, 0.3) is 0 Å². The lowest BCUT2D eigenvalue weighted by Gasteiger charge is -2.15. The molecule has 0 spiro atoms. The summed E-state index contributed by atoms with van der Waals surface area (Å²) in [7, 11) is 0. The highest BCUT2D eigenvalue weighted by molar-refractivity contribution is 7.80. The number of nitrogens with zero attached hydrogens (tertiary/aromatic N) is 1. The minimum atomic E-state index is 0.00679. The van der Waals surface area contributed by atoms with Crippen molar-refractivity contribution in [1.29, 1.82) is 0 Å². The van der Waals surface area contributed by atoms with Crippen molar-refractivity contribution in [2.45, 2.75) is 19.3 Å². The van der Waals surface area contributed by atoms with Crippen molar-refractivity contribution in [2.75, 3.05) is 19.6 Å². The van der Waals surface area contributed by atoms with E-state index in [1.165, 1.54) is 0 Å². The normalized spacial score (nSPS) is 19.2. The number of terminal acetylenes is 1. The first-order valence-corrected chi connectivity index (χ1v) is 5.81. The quantitative estimate of drug-likeness (QED) is 0.414. The van der Waals surface area contributed by atoms with Crippen molar-refractivity contribution in [2.24, 2.45) is 11.7 Å². The molecule has 0 radical (unpaired) electrons. The number of nitrogens with one attached hydrogen (secondary N) is 1. The molecular formula is C11H17N3OS. The summed E-state index contributed by atoms with van der Waals surface area (Å²) in [5.74, 6) is 2.63. The molecule has 0 aromatic carbocycles. The van der Waals surface area contributed by atoms with E-state index in [2.05, 4.69) is 11.2 Å². The van der Waals surface area contributed by atoms with E-state index in [0.717, 1.165) is 19.4 Å². The third kappa shape index (κ3) is 3.70. The number of hydrogen-bond donors (Lipinski definition) is 2. The van der Waals surface area contributed by atoms with Gasteiger partial charge in [-0.3, -0.25) is 4.79 Å². The van der Waals surface area contributed by atoms with Gasteiger partial charge < -0.3 is 16.0 Å². The zero-order valence-corrected chi connectivity index (χ0v) is 10.1. The summed E-state index contributed by atoms with van der Waals surface area (Å²) in [5, 5.41) is 3.25. The van der Waals surface area contributed by atoms with Crippen molar-refractivity contribution >= 4 is 23.2 Å². The van der Waals surface area contributed by atoms with Crippen molar-refractivity contribution in [3.05, 3.63) is 0 Å². The molecule has 88 valence electrons. The number of carbonyl (C=O) groups is 1. The maximum atomic E-state index is 11.7. The SMILES string of the molecule is C#CCCCNC(=O)[C@H]1CCN(C(N)=S)C1. The Bertz CT molecular complexity index is 311. The second-order valence-corrected chi connectivity index (χ2v) is 4.29. The van der Waals surface area contributed by atoms with Gasteiger partial charge in [0.1, 0.15) is 0 Å². The van der Waals surface area contributed by atoms with Gasteiger partial charge in [-0.1, -0.05) is 0 Å². The van der Waals surface area contributed by atoms with Gasteiger partial charge in [0.25, 0.3) is 0 Å². The highest BCUT2D eigenvalue weighted by Gasteiger charge is 2.28. The van der Waals surface area contributed by atoms with Crippen LogP contribution in [-0.2, 0) is 4.79 Å². The molecule has 5 heteroatoms. The van der Waals surface area contributed by atoms with Gasteiger partial charge in [-0.15, -0.1) is 12.3 Å². The van der Waals surface area contributed by atoms with Crippen LogP contribution in [0.2, 0.25) is 0 Å². The topological polar surface area (TPSA) is 58.4 Å². The first-order valence-electron chi connectivity index (χ1n) is 5.40. The van der Waals surface area contributed by atoms with E-state index in [-0.39, 0.29) is 11.8 Å². The van der Waals surface area contributed by atoms with Crippen molar-refractivity contribution < 1.29 is 4.79 Å². The molecule has 0 aliphatic carbocycles. The van der Waals surface area contributed by atoms with Gasteiger partial charge in [0, 0.05) is 26.1 Å². The zero-order chi connectivity index (χ0) is 12.0. The monoisotopic (exact) mass is 239 g/mol. The fourth-order valence-electron chi connectivity index (χ4n) is 1.72. The fraction of sp³-hybridized carbons (Fsp3) is 0.636. The number of nitrogens with two attached hydrogens (primary N) is 1. The van der Waals surface area contributed by atoms with E-state index in [9.17, 15) is 4.79 Å².